The first-order valence-electron chi connectivity index (χ1n) is 8.00. The molecule has 8 heteroatoms. The van der Waals surface area contributed by atoms with Gasteiger partial charge in [0, 0.05) is 11.6 Å². The molecule has 0 aliphatic rings. The van der Waals surface area contributed by atoms with Gasteiger partial charge in [-0.3, -0.25) is 0 Å². The minimum Gasteiger partial charge on any atom is -0.480 e. The Morgan fingerprint density at radius 2 is 1.89 bits per heavy atom. The fraction of sp³-hybridized carbons (Fsp3) is 0.211. The summed E-state index contributed by atoms with van der Waals surface area (Å²) in [6.07, 6.45) is 0. The van der Waals surface area contributed by atoms with Crippen molar-refractivity contribution in [2.24, 2.45) is 0 Å². The maximum atomic E-state index is 13.1. The lowest BCUT2D eigenvalue weighted by Crippen LogP contribution is -2.07. The minimum absolute atomic E-state index is 0.0974. The predicted octanol–water partition coefficient (Wildman–Crippen LogP) is 3.56. The Bertz CT molecular complexity index is 953. The number of benzene rings is 1. The van der Waals surface area contributed by atoms with Gasteiger partial charge in [0.25, 0.3) is 0 Å². The van der Waals surface area contributed by atoms with E-state index < -0.39 is 5.97 Å². The van der Waals surface area contributed by atoms with E-state index in [0.29, 0.717) is 22.6 Å². The van der Waals surface area contributed by atoms with Gasteiger partial charge in [-0.1, -0.05) is 5.16 Å². The van der Waals surface area contributed by atoms with Crippen molar-refractivity contribution in [2.45, 2.75) is 13.5 Å². The van der Waals surface area contributed by atoms with E-state index >= 15 is 0 Å². The molecule has 0 aliphatic heterocycles. The molecule has 0 amide bonds. The van der Waals surface area contributed by atoms with Crippen LogP contribution in [0.1, 0.15) is 21.7 Å². The van der Waals surface area contributed by atoms with Crippen LogP contribution in [0.4, 0.5) is 4.39 Å². The Hall–Kier alpha value is -3.42. The smallest absolute Gasteiger partial charge is 0.343 e. The molecule has 27 heavy (non-hydrogen) atoms. The van der Waals surface area contributed by atoms with Gasteiger partial charge in [0.1, 0.15) is 29.4 Å². The second-order valence-electron chi connectivity index (χ2n) is 5.56. The summed E-state index contributed by atoms with van der Waals surface area (Å²) in [7, 11) is 2.67. The van der Waals surface area contributed by atoms with Crippen molar-refractivity contribution < 1.29 is 27.9 Å². The summed E-state index contributed by atoms with van der Waals surface area (Å²) in [5.74, 6) is 0.0379. The third kappa shape index (κ3) is 3.89. The first-order chi connectivity index (χ1) is 13.0. The zero-order valence-corrected chi connectivity index (χ0v) is 15.0. The van der Waals surface area contributed by atoms with E-state index in [1.54, 1.807) is 19.1 Å². The molecule has 0 N–H and O–H groups in total. The number of carbonyl (C=O) groups excluding carboxylic acids is 1. The highest BCUT2D eigenvalue weighted by Gasteiger charge is 2.18. The predicted molar refractivity (Wildman–Crippen MR) is 93.1 cm³/mol. The topological polar surface area (TPSA) is 83.7 Å². The van der Waals surface area contributed by atoms with Crippen molar-refractivity contribution in [3.05, 3.63) is 59.1 Å². The highest BCUT2D eigenvalue weighted by Crippen LogP contribution is 2.27. The molecule has 140 valence electrons. The number of rotatable bonds is 6. The van der Waals surface area contributed by atoms with Crippen molar-refractivity contribution in [3.63, 3.8) is 0 Å². The monoisotopic (exact) mass is 372 g/mol. The highest BCUT2D eigenvalue weighted by molar-refractivity contribution is 5.91. The average molecular weight is 372 g/mol. The number of carbonyl (C=O) groups is 1. The lowest BCUT2D eigenvalue weighted by molar-refractivity contribution is 0.0596. The van der Waals surface area contributed by atoms with Crippen LogP contribution in [-0.4, -0.2) is 30.3 Å². The molecule has 3 rings (SSSR count). The van der Waals surface area contributed by atoms with Crippen molar-refractivity contribution in [2.75, 3.05) is 14.2 Å². The number of esters is 1. The Morgan fingerprint density at radius 3 is 2.56 bits per heavy atom. The molecular formula is C19H17FN2O5. The molecule has 7 nitrogen and oxygen atoms in total. The number of methoxy groups -OCH3 is 2. The van der Waals surface area contributed by atoms with E-state index in [1.807, 2.05) is 0 Å². The van der Waals surface area contributed by atoms with Gasteiger partial charge in [-0.25, -0.2) is 9.18 Å². The molecule has 0 atom stereocenters. The van der Waals surface area contributed by atoms with E-state index in [0.717, 1.165) is 0 Å². The van der Waals surface area contributed by atoms with Gasteiger partial charge in [-0.2, -0.15) is 4.98 Å². The summed E-state index contributed by atoms with van der Waals surface area (Å²) >= 11 is 0. The molecule has 0 saturated carbocycles. The third-order valence-electron chi connectivity index (χ3n) is 3.90. The van der Waals surface area contributed by atoms with Crippen LogP contribution in [0.3, 0.4) is 0 Å². The molecule has 1 aromatic carbocycles. The van der Waals surface area contributed by atoms with Crippen LogP contribution in [0.5, 0.6) is 11.8 Å². The van der Waals surface area contributed by atoms with E-state index in [2.05, 4.69) is 14.9 Å². The summed E-state index contributed by atoms with van der Waals surface area (Å²) in [6.45, 7) is 1.88. The fourth-order valence-corrected chi connectivity index (χ4v) is 2.47. The van der Waals surface area contributed by atoms with Gasteiger partial charge >= 0.3 is 5.97 Å². The molecule has 0 spiro atoms. The summed E-state index contributed by atoms with van der Waals surface area (Å²) in [6, 6.07) is 8.97. The number of hydrogen-bond acceptors (Lipinski definition) is 7. The maximum absolute atomic E-state index is 13.1. The molecular weight excluding hydrogens is 355 g/mol. The Balaban J connectivity index is 1.82. The van der Waals surface area contributed by atoms with E-state index in [-0.39, 0.29) is 29.7 Å². The molecule has 2 heterocycles. The number of aryl methyl sites for hydroxylation is 1. The molecule has 0 unspecified atom stereocenters. The van der Waals surface area contributed by atoms with E-state index in [9.17, 15) is 9.18 Å². The molecule has 0 fully saturated rings. The van der Waals surface area contributed by atoms with Crippen LogP contribution in [0, 0.1) is 12.7 Å². The second-order valence-corrected chi connectivity index (χ2v) is 5.56. The number of aromatic nitrogens is 2. The molecule has 0 saturated heterocycles. The average Bonchev–Trinajstić information content (AvgIpc) is 3.06. The zero-order chi connectivity index (χ0) is 19.4. The molecule has 0 aliphatic carbocycles. The van der Waals surface area contributed by atoms with Crippen molar-refractivity contribution in [1.82, 2.24) is 10.1 Å². The van der Waals surface area contributed by atoms with Crippen LogP contribution >= 0.6 is 0 Å². The molecule has 2 aromatic heterocycles. The zero-order valence-electron chi connectivity index (χ0n) is 15.0. The number of ether oxygens (including phenoxy) is 3. The van der Waals surface area contributed by atoms with Gasteiger partial charge < -0.3 is 18.7 Å². The van der Waals surface area contributed by atoms with E-state index in [1.165, 1.54) is 38.5 Å². The van der Waals surface area contributed by atoms with Crippen molar-refractivity contribution in [1.29, 1.82) is 0 Å². The Kier molecular flexibility index (Phi) is 5.35. The second kappa shape index (κ2) is 7.86. The largest absolute Gasteiger partial charge is 0.480 e. The quantitative estimate of drug-likeness (QED) is 0.612. The van der Waals surface area contributed by atoms with Crippen LogP contribution in [0.2, 0.25) is 0 Å². The number of halogens is 1. The lowest BCUT2D eigenvalue weighted by Gasteiger charge is -2.10. The normalized spacial score (nSPS) is 10.5. The Morgan fingerprint density at radius 1 is 1.15 bits per heavy atom. The highest BCUT2D eigenvalue weighted by atomic mass is 19.1. The van der Waals surface area contributed by atoms with Gasteiger partial charge in [0.15, 0.2) is 0 Å². The summed E-state index contributed by atoms with van der Waals surface area (Å²) in [5.41, 5.74) is 2.17. The van der Waals surface area contributed by atoms with Crippen LogP contribution < -0.4 is 9.47 Å². The third-order valence-corrected chi connectivity index (χ3v) is 3.90. The van der Waals surface area contributed by atoms with Crippen LogP contribution in [0.15, 0.2) is 40.9 Å². The van der Waals surface area contributed by atoms with Gasteiger partial charge in [0.2, 0.25) is 11.8 Å². The van der Waals surface area contributed by atoms with Crippen molar-refractivity contribution in [3.8, 4) is 23.0 Å². The lowest BCUT2D eigenvalue weighted by atomic mass is 10.1. The maximum Gasteiger partial charge on any atom is 0.343 e. The minimum atomic E-state index is -0.556. The summed E-state index contributed by atoms with van der Waals surface area (Å²) in [4.78, 5) is 15.8. The summed E-state index contributed by atoms with van der Waals surface area (Å²) in [5, 5.41) is 4.03. The standard InChI is InChI=1S/C19H17FN2O5/c1-11-15(17(22-27-11)12-4-6-13(20)7-5-12)10-26-16-9-8-14(19(23)25-3)18(21-16)24-2/h4-9H,10H2,1-3H3. The number of hydrogen-bond donors (Lipinski definition) is 0. The van der Waals surface area contributed by atoms with E-state index in [4.69, 9.17) is 14.0 Å². The van der Waals surface area contributed by atoms with Gasteiger partial charge in [0.05, 0.1) is 19.8 Å². The van der Waals surface area contributed by atoms with Gasteiger partial charge in [-0.15, -0.1) is 0 Å². The molecule has 3 aromatic rings. The van der Waals surface area contributed by atoms with Crippen LogP contribution in [-0.2, 0) is 11.3 Å². The summed E-state index contributed by atoms with van der Waals surface area (Å²) < 4.78 is 33.9. The Labute approximate surface area is 154 Å². The first kappa shape index (κ1) is 18.4. The van der Waals surface area contributed by atoms with Crippen molar-refractivity contribution >= 4 is 5.97 Å². The number of pyridine rings is 1. The molecule has 0 radical (unpaired) electrons. The molecule has 0 bridgehead atoms. The SMILES string of the molecule is COC(=O)c1ccc(OCc2c(-c3ccc(F)cc3)noc2C)nc1OC. The van der Waals surface area contributed by atoms with Gasteiger partial charge in [-0.05, 0) is 37.3 Å². The number of nitrogens with zero attached hydrogens (tertiary/aromatic N) is 2. The first-order valence-corrected chi connectivity index (χ1v) is 8.00. The fourth-order valence-electron chi connectivity index (χ4n) is 2.47. The van der Waals surface area contributed by atoms with Crippen LogP contribution in [0.25, 0.3) is 11.3 Å².